The second-order valence-electron chi connectivity index (χ2n) is 3.07. The third-order valence-electron chi connectivity index (χ3n) is 1.10. The summed E-state index contributed by atoms with van der Waals surface area (Å²) >= 11 is 0. The first kappa shape index (κ1) is 9.84. The molecule has 0 rings (SSSR count). The molecule has 0 saturated heterocycles. The van der Waals surface area contributed by atoms with Gasteiger partial charge in [0.15, 0.2) is 5.79 Å². The Bertz CT molecular complexity index is 86.5. The van der Waals surface area contributed by atoms with Crippen LogP contribution in [0.15, 0.2) is 0 Å². The van der Waals surface area contributed by atoms with E-state index in [0.29, 0.717) is 0 Å². The zero-order chi connectivity index (χ0) is 8.41. The van der Waals surface area contributed by atoms with Gasteiger partial charge in [0.25, 0.3) is 0 Å². The van der Waals surface area contributed by atoms with Gasteiger partial charge in [0.05, 0.1) is 0 Å². The average Bonchev–Trinajstić information content (AvgIpc) is 1.57. The Morgan fingerprint density at radius 3 is 1.60 bits per heavy atom. The molecule has 0 radical (unpaired) electrons. The van der Waals surface area contributed by atoms with Gasteiger partial charge < -0.3 is 21.1 Å². The summed E-state index contributed by atoms with van der Waals surface area (Å²) in [5, 5.41) is 26.5. The average molecular weight is 149 g/mol. The summed E-state index contributed by atoms with van der Waals surface area (Å²) in [5.41, 5.74) is 3.86. The highest BCUT2D eigenvalue weighted by Gasteiger charge is 2.21. The molecule has 0 heterocycles. The lowest BCUT2D eigenvalue weighted by atomic mass is 10.1. The minimum absolute atomic E-state index is 0.0660. The zero-order valence-corrected chi connectivity index (χ0v) is 6.33. The van der Waals surface area contributed by atoms with Crippen LogP contribution in [0.25, 0.3) is 0 Å². The van der Waals surface area contributed by atoms with Gasteiger partial charge in [-0.2, -0.15) is 0 Å². The van der Waals surface area contributed by atoms with Crippen LogP contribution in [-0.4, -0.2) is 26.8 Å². The van der Waals surface area contributed by atoms with Gasteiger partial charge in [-0.05, 0) is 20.3 Å². The Hall–Kier alpha value is -0.160. The lowest BCUT2D eigenvalue weighted by Gasteiger charge is -2.22. The SMILES string of the molecule is CC(N)(O)CCC(C)(O)O. The Labute approximate surface area is 60.3 Å². The number of hydrogen-bond acceptors (Lipinski definition) is 4. The maximum Gasteiger partial charge on any atom is 0.159 e. The molecule has 0 aliphatic rings. The molecular weight excluding hydrogens is 134 g/mol. The molecule has 0 aliphatic carbocycles. The molecule has 0 aromatic carbocycles. The molecule has 1 atom stereocenters. The van der Waals surface area contributed by atoms with Crippen molar-refractivity contribution in [3.63, 3.8) is 0 Å². The van der Waals surface area contributed by atoms with Crippen LogP contribution in [0.1, 0.15) is 26.7 Å². The van der Waals surface area contributed by atoms with Gasteiger partial charge in [0, 0.05) is 6.42 Å². The van der Waals surface area contributed by atoms with Crippen LogP contribution in [0.4, 0.5) is 0 Å². The van der Waals surface area contributed by atoms with Gasteiger partial charge in [0.2, 0.25) is 0 Å². The molecule has 0 saturated carbocycles. The predicted octanol–water partition coefficient (Wildman–Crippen LogP) is -0.865. The van der Waals surface area contributed by atoms with Crippen molar-refractivity contribution in [2.75, 3.05) is 0 Å². The molecule has 0 aromatic rings. The minimum atomic E-state index is -1.73. The molecule has 4 nitrogen and oxygen atoms in total. The van der Waals surface area contributed by atoms with E-state index in [2.05, 4.69) is 0 Å². The lowest BCUT2D eigenvalue weighted by molar-refractivity contribution is -0.158. The first-order valence-electron chi connectivity index (χ1n) is 3.17. The van der Waals surface area contributed by atoms with E-state index in [4.69, 9.17) is 21.1 Å². The first-order valence-corrected chi connectivity index (χ1v) is 3.17. The maximum absolute atomic E-state index is 8.94. The second kappa shape index (κ2) is 2.84. The highest BCUT2D eigenvalue weighted by molar-refractivity contribution is 4.67. The molecule has 0 fully saturated rings. The summed E-state index contributed by atoms with van der Waals surface area (Å²) in [6, 6.07) is 0. The third kappa shape index (κ3) is 7.84. The van der Waals surface area contributed by atoms with E-state index in [1.54, 1.807) is 0 Å². The van der Waals surface area contributed by atoms with Crippen LogP contribution in [0, 0.1) is 0 Å². The van der Waals surface area contributed by atoms with Gasteiger partial charge in [-0.3, -0.25) is 0 Å². The fourth-order valence-electron chi connectivity index (χ4n) is 0.490. The van der Waals surface area contributed by atoms with Crippen molar-refractivity contribution in [2.45, 2.75) is 38.2 Å². The highest BCUT2D eigenvalue weighted by atomic mass is 16.5. The molecule has 10 heavy (non-hydrogen) atoms. The number of aliphatic hydroxyl groups is 3. The molecule has 62 valence electrons. The Morgan fingerprint density at radius 2 is 1.50 bits per heavy atom. The van der Waals surface area contributed by atoms with E-state index in [-0.39, 0.29) is 12.8 Å². The van der Waals surface area contributed by atoms with Gasteiger partial charge >= 0.3 is 0 Å². The zero-order valence-electron chi connectivity index (χ0n) is 6.33. The van der Waals surface area contributed by atoms with Crippen molar-refractivity contribution in [1.29, 1.82) is 0 Å². The molecule has 0 aliphatic heterocycles. The summed E-state index contributed by atoms with van der Waals surface area (Å²) < 4.78 is 0. The van der Waals surface area contributed by atoms with Crippen LogP contribution in [0.3, 0.4) is 0 Å². The highest BCUT2D eigenvalue weighted by Crippen LogP contribution is 2.12. The molecule has 5 N–H and O–H groups in total. The summed E-state index contributed by atoms with van der Waals surface area (Å²) in [6.07, 6.45) is 0.229. The molecule has 0 amide bonds. The third-order valence-corrected chi connectivity index (χ3v) is 1.10. The Kier molecular flexibility index (Phi) is 2.79. The largest absolute Gasteiger partial charge is 0.376 e. The van der Waals surface area contributed by atoms with Crippen LogP contribution in [-0.2, 0) is 0 Å². The molecule has 1 unspecified atom stereocenters. The summed E-state index contributed by atoms with van der Waals surface area (Å²) in [4.78, 5) is 0. The molecule has 4 heteroatoms. The van der Waals surface area contributed by atoms with Gasteiger partial charge in [0.1, 0.15) is 5.72 Å². The van der Waals surface area contributed by atoms with Crippen LogP contribution in [0.2, 0.25) is 0 Å². The van der Waals surface area contributed by atoms with Crippen LogP contribution < -0.4 is 5.73 Å². The van der Waals surface area contributed by atoms with Crippen molar-refractivity contribution in [2.24, 2.45) is 5.73 Å². The predicted molar refractivity (Wildman–Crippen MR) is 36.9 cm³/mol. The maximum atomic E-state index is 8.94. The monoisotopic (exact) mass is 149 g/mol. The fourth-order valence-corrected chi connectivity index (χ4v) is 0.490. The van der Waals surface area contributed by atoms with Crippen molar-refractivity contribution in [3.8, 4) is 0 Å². The minimum Gasteiger partial charge on any atom is -0.376 e. The smallest absolute Gasteiger partial charge is 0.159 e. The van der Waals surface area contributed by atoms with Crippen molar-refractivity contribution >= 4 is 0 Å². The van der Waals surface area contributed by atoms with E-state index in [0.717, 1.165) is 0 Å². The van der Waals surface area contributed by atoms with Crippen LogP contribution in [0.5, 0.6) is 0 Å². The van der Waals surface area contributed by atoms with E-state index in [9.17, 15) is 0 Å². The van der Waals surface area contributed by atoms with Crippen molar-refractivity contribution in [1.82, 2.24) is 0 Å². The second-order valence-corrected chi connectivity index (χ2v) is 3.07. The summed E-state index contributed by atoms with van der Waals surface area (Å²) in [5.74, 6) is -1.73. The van der Waals surface area contributed by atoms with Gasteiger partial charge in [-0.15, -0.1) is 0 Å². The standard InChI is InChI=1S/C6H15NO3/c1-5(7,8)3-4-6(2,9)10/h8-10H,3-4,7H2,1-2H3. The van der Waals surface area contributed by atoms with E-state index >= 15 is 0 Å². The van der Waals surface area contributed by atoms with Crippen molar-refractivity contribution in [3.05, 3.63) is 0 Å². The molecule has 0 spiro atoms. The summed E-state index contributed by atoms with van der Waals surface area (Å²) in [7, 11) is 0. The fraction of sp³-hybridized carbons (Fsp3) is 1.00. The molecule has 0 aromatic heterocycles. The topological polar surface area (TPSA) is 86.7 Å². The number of hydrogen-bond donors (Lipinski definition) is 4. The van der Waals surface area contributed by atoms with E-state index in [1.165, 1.54) is 13.8 Å². The van der Waals surface area contributed by atoms with Gasteiger partial charge in [-0.1, -0.05) is 0 Å². The normalized spacial score (nSPS) is 18.6. The molecule has 0 bridgehead atoms. The van der Waals surface area contributed by atoms with Crippen LogP contribution >= 0.6 is 0 Å². The lowest BCUT2D eigenvalue weighted by Crippen LogP contribution is -2.38. The number of nitrogens with two attached hydrogens (primary N) is 1. The van der Waals surface area contributed by atoms with Gasteiger partial charge in [-0.25, -0.2) is 0 Å². The first-order chi connectivity index (χ1) is 4.21. The molecular formula is C6H15NO3. The Balaban J connectivity index is 3.56. The quantitative estimate of drug-likeness (QED) is 0.393. The summed E-state index contributed by atoms with van der Waals surface area (Å²) in [6.45, 7) is 2.66. The van der Waals surface area contributed by atoms with E-state index in [1.807, 2.05) is 0 Å². The Morgan fingerprint density at radius 1 is 1.10 bits per heavy atom. The number of rotatable bonds is 3. The van der Waals surface area contributed by atoms with Crippen molar-refractivity contribution < 1.29 is 15.3 Å². The van der Waals surface area contributed by atoms with E-state index < -0.39 is 11.5 Å².